The van der Waals surface area contributed by atoms with Crippen LogP contribution in [0.25, 0.3) is 0 Å². The zero-order valence-electron chi connectivity index (χ0n) is 8.16. The van der Waals surface area contributed by atoms with E-state index in [1.807, 2.05) is 0 Å². The molecule has 0 aliphatic heterocycles. The summed E-state index contributed by atoms with van der Waals surface area (Å²) < 4.78 is 0. The molecule has 14 heavy (non-hydrogen) atoms. The van der Waals surface area contributed by atoms with Crippen LogP contribution in [0.4, 0.5) is 5.82 Å². The van der Waals surface area contributed by atoms with Gasteiger partial charge in [-0.15, -0.1) is 0 Å². The Morgan fingerprint density at radius 3 is 2.64 bits per heavy atom. The normalized spacial score (nSPS) is 14.1. The lowest BCUT2D eigenvalue weighted by Crippen LogP contribution is -2.39. The maximum absolute atomic E-state index is 9.86. The summed E-state index contributed by atoms with van der Waals surface area (Å²) in [6.45, 7) is 3.41. The number of aliphatic hydroxyl groups excluding tert-OH is 1. The zero-order chi connectivity index (χ0) is 10.9. The minimum absolute atomic E-state index is 0.250. The number of aromatic nitrogens is 1. The summed E-state index contributed by atoms with van der Waals surface area (Å²) in [5.74, 6) is 0.250. The summed E-state index contributed by atoms with van der Waals surface area (Å²) in [6, 6.07) is 1.57. The van der Waals surface area contributed by atoms with Crippen LogP contribution in [0.1, 0.15) is 25.5 Å². The molecular weight excluding hydrogens is 202 g/mol. The van der Waals surface area contributed by atoms with E-state index in [0.717, 1.165) is 0 Å². The number of nitrogens with zero attached hydrogens (tertiary/aromatic N) is 1. The lowest BCUT2D eigenvalue weighted by molar-refractivity contribution is 0.105. The van der Waals surface area contributed by atoms with Crippen LogP contribution in [0.5, 0.6) is 0 Å². The van der Waals surface area contributed by atoms with Gasteiger partial charge in [-0.3, -0.25) is 0 Å². The van der Waals surface area contributed by atoms with Crippen molar-refractivity contribution in [3.63, 3.8) is 0 Å². The van der Waals surface area contributed by atoms with Gasteiger partial charge in [0.25, 0.3) is 0 Å². The van der Waals surface area contributed by atoms with E-state index in [9.17, 15) is 5.11 Å². The predicted molar refractivity (Wildman–Crippen MR) is 56.9 cm³/mol. The molecule has 0 radical (unpaired) electrons. The molecule has 1 aromatic heterocycles. The van der Waals surface area contributed by atoms with E-state index in [1.165, 1.54) is 6.20 Å². The third-order valence-corrected chi connectivity index (χ3v) is 2.12. The molecule has 0 bridgehead atoms. The minimum atomic E-state index is -0.881. The summed E-state index contributed by atoms with van der Waals surface area (Å²) in [5, 5.41) is 10.3. The van der Waals surface area contributed by atoms with Crippen molar-refractivity contribution in [2.24, 2.45) is 5.73 Å². The molecule has 0 fully saturated rings. The standard InChI is InChI=1S/C9H14ClN3O/c1-9(2,12)7(14)6-3-5(10)4-13-8(6)11/h3-4,7,14H,12H2,1-2H3,(H2,11,13). The maximum atomic E-state index is 9.86. The molecular formula is C9H14ClN3O. The van der Waals surface area contributed by atoms with Gasteiger partial charge < -0.3 is 16.6 Å². The number of hydrogen-bond acceptors (Lipinski definition) is 4. The molecule has 0 aliphatic carbocycles. The van der Waals surface area contributed by atoms with Gasteiger partial charge in [-0.2, -0.15) is 0 Å². The molecule has 0 aromatic carbocycles. The second-order valence-corrected chi connectivity index (χ2v) is 4.29. The molecule has 0 amide bonds. The van der Waals surface area contributed by atoms with Gasteiger partial charge in [0.1, 0.15) is 5.82 Å². The number of hydrogen-bond donors (Lipinski definition) is 3. The highest BCUT2D eigenvalue weighted by Crippen LogP contribution is 2.28. The molecule has 78 valence electrons. The lowest BCUT2D eigenvalue weighted by Gasteiger charge is -2.26. The fraction of sp³-hybridized carbons (Fsp3) is 0.444. The molecule has 0 aliphatic rings. The van der Waals surface area contributed by atoms with Gasteiger partial charge in [-0.25, -0.2) is 4.98 Å². The number of pyridine rings is 1. The van der Waals surface area contributed by atoms with E-state index in [0.29, 0.717) is 10.6 Å². The highest BCUT2D eigenvalue weighted by Gasteiger charge is 2.26. The lowest BCUT2D eigenvalue weighted by atomic mass is 9.93. The fourth-order valence-corrected chi connectivity index (χ4v) is 1.25. The monoisotopic (exact) mass is 215 g/mol. The Hall–Kier alpha value is -0.840. The van der Waals surface area contributed by atoms with Crippen molar-refractivity contribution in [2.75, 3.05) is 5.73 Å². The largest absolute Gasteiger partial charge is 0.386 e. The van der Waals surface area contributed by atoms with Gasteiger partial charge in [-0.1, -0.05) is 11.6 Å². The van der Waals surface area contributed by atoms with Gasteiger partial charge in [-0.05, 0) is 19.9 Å². The van der Waals surface area contributed by atoms with Crippen LogP contribution in [-0.4, -0.2) is 15.6 Å². The highest BCUT2D eigenvalue weighted by molar-refractivity contribution is 6.30. The Labute approximate surface area is 87.9 Å². The second kappa shape index (κ2) is 3.73. The number of aliphatic hydroxyl groups is 1. The van der Waals surface area contributed by atoms with Crippen molar-refractivity contribution in [1.29, 1.82) is 0 Å². The number of halogens is 1. The molecule has 1 atom stereocenters. The summed E-state index contributed by atoms with van der Waals surface area (Å²) in [6.07, 6.45) is 0.546. The van der Waals surface area contributed by atoms with Crippen LogP contribution >= 0.6 is 11.6 Å². The highest BCUT2D eigenvalue weighted by atomic mass is 35.5. The van der Waals surface area contributed by atoms with Crippen LogP contribution in [0.3, 0.4) is 0 Å². The van der Waals surface area contributed by atoms with Gasteiger partial charge >= 0.3 is 0 Å². The molecule has 1 unspecified atom stereocenters. The van der Waals surface area contributed by atoms with Crippen LogP contribution in [-0.2, 0) is 0 Å². The first-order valence-corrected chi connectivity index (χ1v) is 4.58. The Morgan fingerprint density at radius 2 is 2.14 bits per heavy atom. The van der Waals surface area contributed by atoms with Crippen molar-refractivity contribution < 1.29 is 5.11 Å². The van der Waals surface area contributed by atoms with Gasteiger partial charge in [0.15, 0.2) is 0 Å². The Morgan fingerprint density at radius 1 is 1.57 bits per heavy atom. The third kappa shape index (κ3) is 2.35. The van der Waals surface area contributed by atoms with Crippen molar-refractivity contribution in [3.05, 3.63) is 22.8 Å². The minimum Gasteiger partial charge on any atom is -0.386 e. The van der Waals surface area contributed by atoms with Crippen LogP contribution in [0, 0.1) is 0 Å². The molecule has 5 N–H and O–H groups in total. The van der Waals surface area contributed by atoms with E-state index >= 15 is 0 Å². The smallest absolute Gasteiger partial charge is 0.129 e. The molecule has 0 saturated heterocycles. The summed E-state index contributed by atoms with van der Waals surface area (Å²) in [4.78, 5) is 3.84. The summed E-state index contributed by atoms with van der Waals surface area (Å²) in [7, 11) is 0. The number of nitrogens with two attached hydrogens (primary N) is 2. The summed E-state index contributed by atoms with van der Waals surface area (Å²) >= 11 is 5.74. The quantitative estimate of drug-likeness (QED) is 0.690. The molecule has 0 spiro atoms. The first kappa shape index (κ1) is 11.2. The van der Waals surface area contributed by atoms with Gasteiger partial charge in [0, 0.05) is 17.3 Å². The molecule has 1 aromatic rings. The van der Waals surface area contributed by atoms with E-state index in [2.05, 4.69) is 4.98 Å². The van der Waals surface area contributed by atoms with E-state index < -0.39 is 11.6 Å². The van der Waals surface area contributed by atoms with Crippen LogP contribution < -0.4 is 11.5 Å². The number of anilines is 1. The average molecular weight is 216 g/mol. The molecule has 0 saturated carbocycles. The molecule has 1 heterocycles. The van der Waals surface area contributed by atoms with Crippen molar-refractivity contribution in [1.82, 2.24) is 4.98 Å². The van der Waals surface area contributed by atoms with E-state index in [1.54, 1.807) is 19.9 Å². The maximum Gasteiger partial charge on any atom is 0.129 e. The van der Waals surface area contributed by atoms with Gasteiger partial charge in [0.05, 0.1) is 11.1 Å². The molecule has 5 heteroatoms. The van der Waals surface area contributed by atoms with Crippen LogP contribution in [0.2, 0.25) is 5.02 Å². The predicted octanol–water partition coefficient (Wildman–Crippen LogP) is 1.09. The topological polar surface area (TPSA) is 85.2 Å². The Balaban J connectivity index is 3.12. The van der Waals surface area contributed by atoms with Crippen molar-refractivity contribution in [3.8, 4) is 0 Å². The zero-order valence-corrected chi connectivity index (χ0v) is 8.92. The van der Waals surface area contributed by atoms with Gasteiger partial charge in [0.2, 0.25) is 0 Å². The Kier molecular flexibility index (Phi) is 2.99. The second-order valence-electron chi connectivity index (χ2n) is 3.85. The first-order chi connectivity index (χ1) is 6.32. The Bertz CT molecular complexity index is 335. The number of rotatable bonds is 2. The molecule has 4 nitrogen and oxygen atoms in total. The van der Waals surface area contributed by atoms with Crippen molar-refractivity contribution in [2.45, 2.75) is 25.5 Å². The van der Waals surface area contributed by atoms with Crippen LogP contribution in [0.15, 0.2) is 12.3 Å². The van der Waals surface area contributed by atoms with E-state index in [4.69, 9.17) is 23.1 Å². The third-order valence-electron chi connectivity index (χ3n) is 1.92. The SMILES string of the molecule is CC(C)(N)C(O)c1cc(Cl)cnc1N. The number of nitrogen functional groups attached to an aromatic ring is 1. The van der Waals surface area contributed by atoms with Crippen molar-refractivity contribution >= 4 is 17.4 Å². The molecule has 1 rings (SSSR count). The fourth-order valence-electron chi connectivity index (χ4n) is 1.09. The summed E-state index contributed by atoms with van der Waals surface area (Å²) in [5.41, 5.74) is 11.0. The van der Waals surface area contributed by atoms with E-state index in [-0.39, 0.29) is 5.82 Å². The first-order valence-electron chi connectivity index (χ1n) is 4.20. The average Bonchev–Trinajstić information content (AvgIpc) is 2.06.